The van der Waals surface area contributed by atoms with Gasteiger partial charge in [0.05, 0.1) is 11.2 Å². The van der Waals surface area contributed by atoms with Gasteiger partial charge in [0.2, 0.25) is 0 Å². The van der Waals surface area contributed by atoms with E-state index in [-0.39, 0.29) is 5.56 Å². The number of hydrogen-bond acceptors (Lipinski definition) is 3. The lowest BCUT2D eigenvalue weighted by Gasteiger charge is -2.22. The maximum Gasteiger partial charge on any atom is 0.289 e. The molecule has 0 saturated heterocycles. The van der Waals surface area contributed by atoms with E-state index < -0.39 is 0 Å². The van der Waals surface area contributed by atoms with Gasteiger partial charge in [-0.15, -0.1) is 0 Å². The number of nitrogens with zero attached hydrogens (tertiary/aromatic N) is 2. The van der Waals surface area contributed by atoms with Crippen LogP contribution in [0.25, 0.3) is 0 Å². The van der Waals surface area contributed by atoms with Crippen LogP contribution in [0.4, 0.5) is 5.69 Å². The Morgan fingerprint density at radius 3 is 2.67 bits per heavy atom. The van der Waals surface area contributed by atoms with E-state index in [1.165, 1.54) is 6.20 Å². The largest absolute Gasteiger partial charge is 0.362 e. The number of aromatic nitrogens is 2. The molecule has 1 heterocycles. The number of benzene rings is 1. The zero-order chi connectivity index (χ0) is 13.0. The van der Waals surface area contributed by atoms with Crippen LogP contribution in [0.1, 0.15) is 12.5 Å². The van der Waals surface area contributed by atoms with Crippen LogP contribution in [0, 0.1) is 0 Å². The van der Waals surface area contributed by atoms with Gasteiger partial charge in [-0.1, -0.05) is 41.9 Å². The van der Waals surface area contributed by atoms with Crippen molar-refractivity contribution in [2.45, 2.75) is 13.5 Å². The first-order valence-electron chi connectivity index (χ1n) is 5.74. The van der Waals surface area contributed by atoms with Crippen molar-refractivity contribution < 1.29 is 0 Å². The summed E-state index contributed by atoms with van der Waals surface area (Å²) in [6.45, 7) is 3.32. The minimum atomic E-state index is -0.264. The number of anilines is 1. The Labute approximate surface area is 110 Å². The van der Waals surface area contributed by atoms with E-state index in [1.54, 1.807) is 0 Å². The van der Waals surface area contributed by atoms with Crippen molar-refractivity contribution in [3.63, 3.8) is 0 Å². The van der Waals surface area contributed by atoms with Gasteiger partial charge in [0.1, 0.15) is 5.69 Å². The number of aromatic amines is 1. The van der Waals surface area contributed by atoms with Crippen LogP contribution in [-0.2, 0) is 6.54 Å². The fourth-order valence-electron chi connectivity index (χ4n) is 1.82. The van der Waals surface area contributed by atoms with Crippen LogP contribution in [0.3, 0.4) is 0 Å². The second kappa shape index (κ2) is 5.69. The first-order valence-corrected chi connectivity index (χ1v) is 6.12. The van der Waals surface area contributed by atoms with Gasteiger partial charge in [-0.2, -0.15) is 5.10 Å². The maximum atomic E-state index is 11.8. The lowest BCUT2D eigenvalue weighted by atomic mass is 10.2. The topological polar surface area (TPSA) is 49.0 Å². The molecule has 2 rings (SSSR count). The molecule has 5 heteroatoms. The standard InChI is InChI=1S/C13H14ClN3O/c1-2-17(9-10-6-4-3-5-7-10)12-11(14)8-15-16-13(12)18/h3-8H,2,9H2,1H3,(H,16,18). The molecule has 0 radical (unpaired) electrons. The van der Waals surface area contributed by atoms with Crippen LogP contribution < -0.4 is 10.5 Å². The van der Waals surface area contributed by atoms with Gasteiger partial charge >= 0.3 is 0 Å². The molecule has 0 aliphatic heterocycles. The van der Waals surface area contributed by atoms with Crippen molar-refractivity contribution in [2.75, 3.05) is 11.4 Å². The van der Waals surface area contributed by atoms with E-state index in [0.717, 1.165) is 5.56 Å². The highest BCUT2D eigenvalue weighted by Crippen LogP contribution is 2.21. The summed E-state index contributed by atoms with van der Waals surface area (Å²) < 4.78 is 0. The molecule has 4 nitrogen and oxygen atoms in total. The summed E-state index contributed by atoms with van der Waals surface area (Å²) >= 11 is 6.05. The second-order valence-electron chi connectivity index (χ2n) is 3.90. The fraction of sp³-hybridized carbons (Fsp3) is 0.231. The summed E-state index contributed by atoms with van der Waals surface area (Å²) in [7, 11) is 0. The highest BCUT2D eigenvalue weighted by atomic mass is 35.5. The Morgan fingerprint density at radius 1 is 1.33 bits per heavy atom. The number of halogens is 1. The quantitative estimate of drug-likeness (QED) is 0.922. The van der Waals surface area contributed by atoms with Gasteiger partial charge in [-0.3, -0.25) is 4.79 Å². The third-order valence-electron chi connectivity index (χ3n) is 2.70. The summed E-state index contributed by atoms with van der Waals surface area (Å²) in [5.41, 5.74) is 1.34. The minimum absolute atomic E-state index is 0.264. The smallest absolute Gasteiger partial charge is 0.289 e. The lowest BCUT2D eigenvalue weighted by Crippen LogP contribution is -2.29. The van der Waals surface area contributed by atoms with E-state index in [4.69, 9.17) is 11.6 Å². The summed E-state index contributed by atoms with van der Waals surface area (Å²) in [6, 6.07) is 9.95. The molecular weight excluding hydrogens is 250 g/mol. The minimum Gasteiger partial charge on any atom is -0.362 e. The van der Waals surface area contributed by atoms with Crippen LogP contribution in [0.5, 0.6) is 0 Å². The van der Waals surface area contributed by atoms with Crippen molar-refractivity contribution in [1.29, 1.82) is 0 Å². The zero-order valence-corrected chi connectivity index (χ0v) is 10.8. The summed E-state index contributed by atoms with van der Waals surface area (Å²) in [4.78, 5) is 13.7. The van der Waals surface area contributed by atoms with Crippen LogP contribution in [0.15, 0.2) is 41.3 Å². The highest BCUT2D eigenvalue weighted by molar-refractivity contribution is 6.33. The number of rotatable bonds is 4. The van der Waals surface area contributed by atoms with Crippen molar-refractivity contribution in [2.24, 2.45) is 0 Å². The predicted molar refractivity (Wildman–Crippen MR) is 73.0 cm³/mol. The summed E-state index contributed by atoms with van der Waals surface area (Å²) in [6.07, 6.45) is 1.45. The summed E-state index contributed by atoms with van der Waals surface area (Å²) in [5, 5.41) is 6.45. The predicted octanol–water partition coefficient (Wildman–Crippen LogP) is 2.45. The Hall–Kier alpha value is -1.81. The molecule has 0 atom stereocenters. The van der Waals surface area contributed by atoms with Gasteiger partial charge in [-0.25, -0.2) is 5.10 Å². The van der Waals surface area contributed by atoms with E-state index in [9.17, 15) is 4.79 Å². The molecule has 0 unspecified atom stereocenters. The molecule has 18 heavy (non-hydrogen) atoms. The molecule has 1 aromatic carbocycles. The van der Waals surface area contributed by atoms with Crippen molar-refractivity contribution in [1.82, 2.24) is 10.2 Å². The molecule has 1 aromatic heterocycles. The molecular formula is C13H14ClN3O. The van der Waals surface area contributed by atoms with Crippen LogP contribution in [0.2, 0.25) is 5.02 Å². The monoisotopic (exact) mass is 263 g/mol. The van der Waals surface area contributed by atoms with E-state index >= 15 is 0 Å². The first-order chi connectivity index (χ1) is 8.72. The molecule has 0 aliphatic rings. The molecule has 0 spiro atoms. The molecule has 1 N–H and O–H groups in total. The van der Waals surface area contributed by atoms with Crippen LogP contribution in [-0.4, -0.2) is 16.7 Å². The Kier molecular flexibility index (Phi) is 3.99. The number of hydrogen-bond donors (Lipinski definition) is 1. The second-order valence-corrected chi connectivity index (χ2v) is 4.30. The maximum absolute atomic E-state index is 11.8. The molecule has 0 amide bonds. The Morgan fingerprint density at radius 2 is 2.06 bits per heavy atom. The molecule has 0 aliphatic carbocycles. The van der Waals surface area contributed by atoms with E-state index in [0.29, 0.717) is 23.8 Å². The molecule has 0 fully saturated rings. The number of H-pyrrole nitrogens is 1. The SMILES string of the molecule is CCN(Cc1ccccc1)c1c(Cl)cn[nH]c1=O. The molecule has 0 bridgehead atoms. The highest BCUT2D eigenvalue weighted by Gasteiger charge is 2.13. The van der Waals surface area contributed by atoms with Crippen molar-refractivity contribution in [3.05, 3.63) is 57.5 Å². The molecule has 0 saturated carbocycles. The van der Waals surface area contributed by atoms with Crippen LogP contribution >= 0.6 is 11.6 Å². The Balaban J connectivity index is 2.32. The van der Waals surface area contributed by atoms with Crippen molar-refractivity contribution >= 4 is 17.3 Å². The van der Waals surface area contributed by atoms with Gasteiger partial charge in [0.25, 0.3) is 5.56 Å². The first kappa shape index (κ1) is 12.6. The van der Waals surface area contributed by atoms with Gasteiger partial charge in [0, 0.05) is 13.1 Å². The Bertz CT molecular complexity index is 568. The normalized spacial score (nSPS) is 10.3. The van der Waals surface area contributed by atoms with Crippen molar-refractivity contribution in [3.8, 4) is 0 Å². The zero-order valence-electron chi connectivity index (χ0n) is 10.1. The van der Waals surface area contributed by atoms with Gasteiger partial charge in [0.15, 0.2) is 0 Å². The molecule has 94 valence electrons. The third kappa shape index (κ3) is 2.71. The average Bonchev–Trinajstić information content (AvgIpc) is 2.38. The molecule has 2 aromatic rings. The fourth-order valence-corrected chi connectivity index (χ4v) is 2.07. The average molecular weight is 264 g/mol. The van der Waals surface area contributed by atoms with Gasteiger partial charge < -0.3 is 4.90 Å². The number of nitrogens with one attached hydrogen (secondary N) is 1. The lowest BCUT2D eigenvalue weighted by molar-refractivity contribution is 0.813. The summed E-state index contributed by atoms with van der Waals surface area (Å²) in [5.74, 6) is 0. The van der Waals surface area contributed by atoms with E-state index in [1.807, 2.05) is 42.2 Å². The van der Waals surface area contributed by atoms with Gasteiger partial charge in [-0.05, 0) is 12.5 Å². The third-order valence-corrected chi connectivity index (χ3v) is 2.98. The van der Waals surface area contributed by atoms with E-state index in [2.05, 4.69) is 10.2 Å².